The van der Waals surface area contributed by atoms with Gasteiger partial charge in [0.15, 0.2) is 0 Å². The number of hydrogen-bond donors (Lipinski definition) is 0. The van der Waals surface area contributed by atoms with E-state index in [0.717, 1.165) is 0 Å². The van der Waals surface area contributed by atoms with Crippen LogP contribution in [0.1, 0.15) is 54.9 Å². The van der Waals surface area contributed by atoms with Crippen LogP contribution in [0, 0.1) is 13.8 Å². The Kier molecular flexibility index (Phi) is 4.87. The zero-order chi connectivity index (χ0) is 14.0. The molecule has 1 aliphatic rings. The van der Waals surface area contributed by atoms with Gasteiger partial charge in [-0.3, -0.25) is 0 Å². The molecule has 1 aromatic rings. The molecule has 0 spiro atoms. The van der Waals surface area contributed by atoms with Crippen LogP contribution < -0.4 is 0 Å². The predicted octanol–water partition coefficient (Wildman–Crippen LogP) is 5.82. The average Bonchev–Trinajstić information content (AvgIpc) is 2.70. The van der Waals surface area contributed by atoms with Crippen molar-refractivity contribution in [3.05, 3.63) is 40.5 Å². The molecular formula is C18H27Hf. The van der Waals surface area contributed by atoms with E-state index in [1.807, 2.05) is 0 Å². The normalized spacial score (nSPS) is 20.7. The molecular weight excluding hydrogens is 395 g/mol. The van der Waals surface area contributed by atoms with Crippen LogP contribution >= 0.6 is 0 Å². The van der Waals surface area contributed by atoms with Gasteiger partial charge in [0.2, 0.25) is 0 Å². The second kappa shape index (κ2) is 6.08. The van der Waals surface area contributed by atoms with Gasteiger partial charge in [0.25, 0.3) is 0 Å². The molecule has 1 aromatic carbocycles. The van der Waals surface area contributed by atoms with Gasteiger partial charge in [0, 0.05) is 0 Å². The van der Waals surface area contributed by atoms with Crippen molar-refractivity contribution in [1.82, 2.24) is 0 Å². The minimum atomic E-state index is -1.53. The minimum absolute atomic E-state index is 0.494. The van der Waals surface area contributed by atoms with Gasteiger partial charge in [-0.05, 0) is 0 Å². The number of fused-ring (bicyclic) bond motifs is 1. The maximum atomic E-state index is 2.59. The molecule has 0 aliphatic heterocycles. The molecule has 1 aliphatic carbocycles. The van der Waals surface area contributed by atoms with Crippen LogP contribution in [0.4, 0.5) is 0 Å². The van der Waals surface area contributed by atoms with Crippen LogP contribution in [0.15, 0.2) is 18.2 Å². The summed E-state index contributed by atoms with van der Waals surface area (Å²) in [5.74, 6) is 0. The van der Waals surface area contributed by atoms with E-state index in [4.69, 9.17) is 0 Å². The molecule has 1 unspecified atom stereocenters. The third kappa shape index (κ3) is 2.82. The fourth-order valence-electron chi connectivity index (χ4n) is 3.24. The number of allylic oxidation sites excluding steroid dienone is 1. The molecule has 0 bridgehead atoms. The van der Waals surface area contributed by atoms with E-state index in [0.29, 0.717) is 3.17 Å². The van der Waals surface area contributed by atoms with Crippen LogP contribution in [0.5, 0.6) is 0 Å². The van der Waals surface area contributed by atoms with Crippen molar-refractivity contribution >= 4 is 6.08 Å². The second-order valence-corrected chi connectivity index (χ2v) is 16.7. The summed E-state index contributed by atoms with van der Waals surface area (Å²) in [7, 11) is 0. The summed E-state index contributed by atoms with van der Waals surface area (Å²) in [5, 5.41) is 0. The van der Waals surface area contributed by atoms with E-state index in [2.05, 4.69) is 54.4 Å². The topological polar surface area (TPSA) is 0 Å². The van der Waals surface area contributed by atoms with Crippen LogP contribution in [0.3, 0.4) is 0 Å². The zero-order valence-electron chi connectivity index (χ0n) is 13.1. The van der Waals surface area contributed by atoms with Crippen molar-refractivity contribution in [2.75, 3.05) is 0 Å². The van der Waals surface area contributed by atoms with Gasteiger partial charge in [-0.25, -0.2) is 0 Å². The molecule has 0 aromatic heterocycles. The average molecular weight is 422 g/mol. The number of unbranched alkanes of at least 4 members (excludes halogenated alkanes) is 2. The standard InChI is InChI=1S/C16H21.2CH3.Hf/c1-4-5-6-7-14-8-9-15-10-12(2)13(3)11-16(14)15;;;/h8-11H,4-7H2,1-3H3;2*1H3;. The second-order valence-electron chi connectivity index (χ2n) is 6.29. The van der Waals surface area contributed by atoms with Crippen molar-refractivity contribution in [2.24, 2.45) is 0 Å². The van der Waals surface area contributed by atoms with E-state index in [1.165, 1.54) is 42.4 Å². The van der Waals surface area contributed by atoms with Crippen molar-refractivity contribution in [1.29, 1.82) is 0 Å². The fraction of sp³-hybridized carbons (Fsp3) is 0.556. The Balaban J connectivity index is 2.39. The van der Waals surface area contributed by atoms with Gasteiger partial charge >= 0.3 is 127 Å². The van der Waals surface area contributed by atoms with Crippen LogP contribution in [-0.4, -0.2) is 0 Å². The van der Waals surface area contributed by atoms with E-state index in [-0.39, 0.29) is 0 Å². The number of hydrogen-bond acceptors (Lipinski definition) is 0. The summed E-state index contributed by atoms with van der Waals surface area (Å²) >= 11 is -1.53. The third-order valence-corrected chi connectivity index (χ3v) is 13.6. The first-order valence-electron chi connectivity index (χ1n) is 7.63. The van der Waals surface area contributed by atoms with Gasteiger partial charge < -0.3 is 0 Å². The summed E-state index contributed by atoms with van der Waals surface area (Å²) < 4.78 is 5.67. The molecule has 19 heavy (non-hydrogen) atoms. The molecule has 0 heterocycles. The number of rotatable bonds is 5. The van der Waals surface area contributed by atoms with E-state index in [1.54, 1.807) is 5.56 Å². The molecule has 103 valence electrons. The molecule has 0 radical (unpaired) electrons. The van der Waals surface area contributed by atoms with Gasteiger partial charge in [-0.1, -0.05) is 0 Å². The summed E-state index contributed by atoms with van der Waals surface area (Å²) in [6.07, 6.45) is 10.5. The summed E-state index contributed by atoms with van der Waals surface area (Å²) in [6.45, 7) is 6.80. The Labute approximate surface area is 126 Å². The molecule has 1 heteroatoms. The Morgan fingerprint density at radius 1 is 1.05 bits per heavy atom. The van der Waals surface area contributed by atoms with Gasteiger partial charge in [-0.15, -0.1) is 0 Å². The zero-order valence-corrected chi connectivity index (χ0v) is 16.7. The Morgan fingerprint density at radius 2 is 1.74 bits per heavy atom. The first-order valence-corrected chi connectivity index (χ1v) is 16.6. The molecule has 1 atom stereocenters. The van der Waals surface area contributed by atoms with Crippen molar-refractivity contribution in [2.45, 2.75) is 59.0 Å². The Hall–Kier alpha value is -0.170. The van der Waals surface area contributed by atoms with Crippen LogP contribution in [-0.2, 0) is 24.6 Å². The molecule has 0 nitrogen and oxygen atoms in total. The molecule has 0 saturated heterocycles. The van der Waals surface area contributed by atoms with Gasteiger partial charge in [-0.2, -0.15) is 0 Å². The van der Waals surface area contributed by atoms with Gasteiger partial charge in [0.1, 0.15) is 0 Å². The van der Waals surface area contributed by atoms with Crippen molar-refractivity contribution in [3.63, 3.8) is 0 Å². The van der Waals surface area contributed by atoms with E-state index >= 15 is 0 Å². The van der Waals surface area contributed by atoms with Crippen molar-refractivity contribution < 1.29 is 21.4 Å². The van der Waals surface area contributed by atoms with Crippen LogP contribution in [0.2, 0.25) is 9.36 Å². The molecule has 0 N–H and O–H groups in total. The third-order valence-electron chi connectivity index (χ3n) is 4.76. The predicted molar refractivity (Wildman–Crippen MR) is 82.5 cm³/mol. The summed E-state index contributed by atoms with van der Waals surface area (Å²) in [6, 6.07) is 4.89. The first kappa shape index (κ1) is 15.2. The number of benzene rings is 1. The fourth-order valence-corrected chi connectivity index (χ4v) is 9.88. The SMILES string of the molecule is CCCCC[C]1([Hf]([CH3])[CH3])C=Cc2cc(C)c(C)cc21. The Bertz CT molecular complexity index is 485. The van der Waals surface area contributed by atoms with Gasteiger partial charge in [0.05, 0.1) is 0 Å². The van der Waals surface area contributed by atoms with Crippen LogP contribution in [0.25, 0.3) is 6.08 Å². The molecule has 0 saturated carbocycles. The number of aryl methyl sites for hydroxylation is 2. The monoisotopic (exact) mass is 423 g/mol. The molecule has 2 rings (SSSR count). The Morgan fingerprint density at radius 3 is 2.37 bits per heavy atom. The van der Waals surface area contributed by atoms with Crippen molar-refractivity contribution in [3.8, 4) is 0 Å². The summed E-state index contributed by atoms with van der Waals surface area (Å²) in [5.41, 5.74) is 6.08. The van der Waals surface area contributed by atoms with E-state index < -0.39 is 21.4 Å². The molecule has 0 amide bonds. The van der Waals surface area contributed by atoms with E-state index in [9.17, 15) is 0 Å². The quantitative estimate of drug-likeness (QED) is 0.415. The molecule has 0 fully saturated rings. The first-order chi connectivity index (χ1) is 9.01. The summed E-state index contributed by atoms with van der Waals surface area (Å²) in [4.78, 5) is 0. The maximum absolute atomic E-state index is 2.59.